The predicted octanol–water partition coefficient (Wildman–Crippen LogP) is 6.48. The maximum absolute atomic E-state index is 13.1. The zero-order chi connectivity index (χ0) is 23.5. The van der Waals surface area contributed by atoms with Crippen molar-refractivity contribution in [1.82, 2.24) is 4.98 Å². The molecular weight excluding hydrogens is 429 g/mol. The second-order valence-electron chi connectivity index (χ2n) is 7.84. The van der Waals surface area contributed by atoms with Crippen LogP contribution in [0.2, 0.25) is 0 Å². The molecule has 1 aromatic heterocycles. The Morgan fingerprint density at radius 2 is 1.26 bits per heavy atom. The Bertz CT molecular complexity index is 1470. The molecular formula is C28H20FN3O2. The number of carbonyl (C=O) groups is 2. The van der Waals surface area contributed by atoms with Crippen molar-refractivity contribution in [2.24, 2.45) is 0 Å². The van der Waals surface area contributed by atoms with Crippen LogP contribution in [0.5, 0.6) is 0 Å². The molecule has 4 aromatic carbocycles. The minimum absolute atomic E-state index is 0.162. The Morgan fingerprint density at radius 3 is 1.94 bits per heavy atom. The van der Waals surface area contributed by atoms with Crippen LogP contribution >= 0.6 is 0 Å². The van der Waals surface area contributed by atoms with Gasteiger partial charge in [-0.1, -0.05) is 30.3 Å². The molecule has 0 radical (unpaired) electrons. The van der Waals surface area contributed by atoms with E-state index in [0.717, 1.165) is 22.2 Å². The largest absolute Gasteiger partial charge is 0.355 e. The van der Waals surface area contributed by atoms with E-state index in [4.69, 9.17) is 0 Å². The number of benzene rings is 4. The lowest BCUT2D eigenvalue weighted by atomic mass is 10.1. The highest BCUT2D eigenvalue weighted by Gasteiger charge is 2.10. The lowest BCUT2D eigenvalue weighted by Gasteiger charge is -2.06. The third-order valence-electron chi connectivity index (χ3n) is 5.47. The summed E-state index contributed by atoms with van der Waals surface area (Å²) in [6.45, 7) is 0. The van der Waals surface area contributed by atoms with Crippen LogP contribution in [0.1, 0.15) is 20.7 Å². The van der Waals surface area contributed by atoms with Gasteiger partial charge in [0.1, 0.15) is 5.82 Å². The van der Waals surface area contributed by atoms with Crippen molar-refractivity contribution in [1.29, 1.82) is 0 Å². The molecule has 0 fully saturated rings. The number of H-pyrrole nitrogens is 1. The summed E-state index contributed by atoms with van der Waals surface area (Å²) in [5.74, 6) is -0.786. The predicted molar refractivity (Wildman–Crippen MR) is 132 cm³/mol. The van der Waals surface area contributed by atoms with Gasteiger partial charge in [-0.25, -0.2) is 4.39 Å². The van der Waals surface area contributed by atoms with Crippen molar-refractivity contribution in [3.63, 3.8) is 0 Å². The topological polar surface area (TPSA) is 74.0 Å². The van der Waals surface area contributed by atoms with Crippen LogP contribution in [0, 0.1) is 5.82 Å². The Hall–Kier alpha value is -4.71. The van der Waals surface area contributed by atoms with E-state index in [0.29, 0.717) is 22.5 Å². The molecule has 0 aliphatic heterocycles. The van der Waals surface area contributed by atoms with E-state index in [9.17, 15) is 14.0 Å². The number of nitrogens with one attached hydrogen (secondary N) is 3. The van der Waals surface area contributed by atoms with Gasteiger partial charge >= 0.3 is 0 Å². The monoisotopic (exact) mass is 449 g/mol. The molecule has 5 nitrogen and oxygen atoms in total. The van der Waals surface area contributed by atoms with Crippen LogP contribution in [0.3, 0.4) is 0 Å². The minimum Gasteiger partial charge on any atom is -0.355 e. The molecule has 0 bridgehead atoms. The normalized spacial score (nSPS) is 10.7. The number of halogens is 1. The fourth-order valence-electron chi connectivity index (χ4n) is 3.69. The smallest absolute Gasteiger partial charge is 0.255 e. The van der Waals surface area contributed by atoms with Gasteiger partial charge in [0.25, 0.3) is 11.8 Å². The summed E-state index contributed by atoms with van der Waals surface area (Å²) in [6.07, 6.45) is 0. The highest BCUT2D eigenvalue weighted by molar-refractivity contribution is 6.06. The van der Waals surface area contributed by atoms with Crippen molar-refractivity contribution in [3.05, 3.63) is 120 Å². The van der Waals surface area contributed by atoms with Crippen LogP contribution in [-0.4, -0.2) is 16.8 Å². The molecule has 0 unspecified atom stereocenters. The van der Waals surface area contributed by atoms with Crippen molar-refractivity contribution in [2.45, 2.75) is 0 Å². The Morgan fingerprint density at radius 1 is 0.647 bits per heavy atom. The Kier molecular flexibility index (Phi) is 5.62. The number of hydrogen-bond acceptors (Lipinski definition) is 2. The summed E-state index contributed by atoms with van der Waals surface area (Å²) in [5.41, 5.74) is 5.07. The molecule has 0 atom stereocenters. The SMILES string of the molecule is O=C(Nc1ccc(-c2cc3cc(C(=O)Nc4ccc(F)cc4)ccc3[nH]2)cc1)c1ccccc1. The highest BCUT2D eigenvalue weighted by atomic mass is 19.1. The summed E-state index contributed by atoms with van der Waals surface area (Å²) in [6, 6.07) is 29.6. The quantitative estimate of drug-likeness (QED) is 0.287. The number of rotatable bonds is 5. The van der Waals surface area contributed by atoms with Crippen LogP contribution in [0.25, 0.3) is 22.2 Å². The first-order valence-corrected chi connectivity index (χ1v) is 10.7. The fraction of sp³-hybridized carbons (Fsp3) is 0. The van der Waals surface area contributed by atoms with Gasteiger partial charge in [0.05, 0.1) is 0 Å². The van der Waals surface area contributed by atoms with Gasteiger partial charge in [-0.05, 0) is 78.4 Å². The average Bonchev–Trinajstić information content (AvgIpc) is 3.30. The van der Waals surface area contributed by atoms with Gasteiger partial charge in [-0.3, -0.25) is 9.59 Å². The standard InChI is InChI=1S/C28H20FN3O2/c29-22-9-13-24(14-10-22)31-28(34)20-8-15-25-21(16-20)17-26(32-25)18-6-11-23(12-7-18)30-27(33)19-4-2-1-3-5-19/h1-17,32H,(H,30,33)(H,31,34). The van der Waals surface area contributed by atoms with E-state index in [1.807, 2.05) is 60.7 Å². The van der Waals surface area contributed by atoms with Gasteiger partial charge in [0.2, 0.25) is 0 Å². The van der Waals surface area contributed by atoms with Crippen LogP contribution in [0.15, 0.2) is 103 Å². The molecule has 3 N–H and O–H groups in total. The third kappa shape index (κ3) is 4.56. The second-order valence-corrected chi connectivity index (χ2v) is 7.84. The molecule has 0 saturated heterocycles. The highest BCUT2D eigenvalue weighted by Crippen LogP contribution is 2.26. The summed E-state index contributed by atoms with van der Waals surface area (Å²) in [7, 11) is 0. The van der Waals surface area contributed by atoms with E-state index in [1.54, 1.807) is 18.2 Å². The average molecular weight is 449 g/mol. The molecule has 1 heterocycles. The first-order valence-electron chi connectivity index (χ1n) is 10.7. The summed E-state index contributed by atoms with van der Waals surface area (Å²) in [5, 5.41) is 6.56. The molecule has 0 aliphatic carbocycles. The molecule has 34 heavy (non-hydrogen) atoms. The number of hydrogen-bond donors (Lipinski definition) is 3. The molecule has 0 aliphatic rings. The summed E-state index contributed by atoms with van der Waals surface area (Å²) < 4.78 is 13.1. The van der Waals surface area contributed by atoms with Gasteiger partial charge in [-0.15, -0.1) is 0 Å². The number of aromatic amines is 1. The first-order chi connectivity index (χ1) is 16.5. The van der Waals surface area contributed by atoms with E-state index >= 15 is 0 Å². The second kappa shape index (κ2) is 9.03. The number of carbonyl (C=O) groups excluding carboxylic acids is 2. The minimum atomic E-state index is -0.356. The lowest BCUT2D eigenvalue weighted by molar-refractivity contribution is 0.101. The molecule has 6 heteroatoms. The zero-order valence-corrected chi connectivity index (χ0v) is 18.0. The van der Waals surface area contributed by atoms with Gasteiger partial charge in [-0.2, -0.15) is 0 Å². The van der Waals surface area contributed by atoms with E-state index in [2.05, 4.69) is 15.6 Å². The van der Waals surface area contributed by atoms with Crippen molar-refractivity contribution in [2.75, 3.05) is 10.6 Å². The van der Waals surface area contributed by atoms with Crippen molar-refractivity contribution < 1.29 is 14.0 Å². The maximum Gasteiger partial charge on any atom is 0.255 e. The number of amides is 2. The molecule has 2 amide bonds. The summed E-state index contributed by atoms with van der Waals surface area (Å²) >= 11 is 0. The Balaban J connectivity index is 1.31. The molecule has 0 saturated carbocycles. The van der Waals surface area contributed by atoms with E-state index < -0.39 is 0 Å². The fourth-order valence-corrected chi connectivity index (χ4v) is 3.69. The number of anilines is 2. The first kappa shape index (κ1) is 21.2. The van der Waals surface area contributed by atoms with Crippen molar-refractivity contribution in [3.8, 4) is 11.3 Å². The van der Waals surface area contributed by atoms with Gasteiger partial charge < -0.3 is 15.6 Å². The molecule has 5 rings (SSSR count). The van der Waals surface area contributed by atoms with Gasteiger partial charge in [0.15, 0.2) is 0 Å². The van der Waals surface area contributed by atoms with E-state index in [-0.39, 0.29) is 17.6 Å². The van der Waals surface area contributed by atoms with E-state index in [1.165, 1.54) is 24.3 Å². The van der Waals surface area contributed by atoms with Crippen molar-refractivity contribution >= 4 is 34.1 Å². The Labute approximate surface area is 195 Å². The van der Waals surface area contributed by atoms with Crippen LogP contribution in [-0.2, 0) is 0 Å². The molecule has 0 spiro atoms. The summed E-state index contributed by atoms with van der Waals surface area (Å²) in [4.78, 5) is 28.3. The maximum atomic E-state index is 13.1. The number of aromatic nitrogens is 1. The number of fused-ring (bicyclic) bond motifs is 1. The third-order valence-corrected chi connectivity index (χ3v) is 5.47. The van der Waals surface area contributed by atoms with Gasteiger partial charge in [0, 0.05) is 39.1 Å². The molecule has 5 aromatic rings. The van der Waals surface area contributed by atoms with Crippen LogP contribution in [0.4, 0.5) is 15.8 Å². The molecule has 166 valence electrons. The lowest BCUT2D eigenvalue weighted by Crippen LogP contribution is -2.11. The zero-order valence-electron chi connectivity index (χ0n) is 18.0. The van der Waals surface area contributed by atoms with Crippen LogP contribution < -0.4 is 10.6 Å².